The predicted molar refractivity (Wildman–Crippen MR) is 75.9 cm³/mol. The van der Waals surface area contributed by atoms with Crippen molar-refractivity contribution < 1.29 is 9.90 Å². The number of aliphatic hydroxyl groups excluding tert-OH is 1. The highest BCUT2D eigenvalue weighted by atomic mass is 16.3. The lowest BCUT2D eigenvalue weighted by molar-refractivity contribution is 0.0768. The van der Waals surface area contributed by atoms with E-state index in [4.69, 9.17) is 5.73 Å². The number of nitrogens with two attached hydrogens (primary N) is 1. The summed E-state index contributed by atoms with van der Waals surface area (Å²) in [5.41, 5.74) is 7.13. The van der Waals surface area contributed by atoms with Gasteiger partial charge in [0.25, 0.3) is 5.91 Å². The number of rotatable bonds is 6. The second kappa shape index (κ2) is 7.09. The van der Waals surface area contributed by atoms with Gasteiger partial charge in [-0.2, -0.15) is 0 Å². The van der Waals surface area contributed by atoms with Gasteiger partial charge in [0.2, 0.25) is 0 Å². The molecule has 0 aliphatic rings. The molecule has 0 aliphatic carbocycles. The maximum atomic E-state index is 12.2. The van der Waals surface area contributed by atoms with Gasteiger partial charge in [-0.15, -0.1) is 0 Å². The molecule has 0 fully saturated rings. The second-order valence-electron chi connectivity index (χ2n) is 4.89. The third-order valence-corrected chi connectivity index (χ3v) is 2.88. The van der Waals surface area contributed by atoms with E-state index in [0.717, 1.165) is 18.5 Å². The molecule has 0 radical (unpaired) electrons. The summed E-state index contributed by atoms with van der Waals surface area (Å²) in [6.45, 7) is 4.28. The summed E-state index contributed by atoms with van der Waals surface area (Å²) < 4.78 is 0. The Hall–Kier alpha value is -1.62. The first-order chi connectivity index (χ1) is 8.93. The molecule has 0 aliphatic heterocycles. The first kappa shape index (κ1) is 15.4. The van der Waals surface area contributed by atoms with Crippen LogP contribution < -0.4 is 5.73 Å². The van der Waals surface area contributed by atoms with Crippen molar-refractivity contribution in [3.8, 4) is 0 Å². The molecule has 1 aromatic rings. The number of carbonyl (C=O) groups excluding carboxylic acids is 1. The largest absolute Gasteiger partial charge is 0.393 e. The van der Waals surface area contributed by atoms with Crippen LogP contribution in [0.4, 0.5) is 5.82 Å². The summed E-state index contributed by atoms with van der Waals surface area (Å²) in [7, 11) is 1.72. The SMILES string of the molecule is CCCc1cc(C(=O)N(C)CCC(C)O)cc(N)n1. The summed E-state index contributed by atoms with van der Waals surface area (Å²) in [5, 5.41) is 9.24. The van der Waals surface area contributed by atoms with E-state index in [9.17, 15) is 9.90 Å². The van der Waals surface area contributed by atoms with Crippen molar-refractivity contribution in [2.75, 3.05) is 19.3 Å². The molecule has 0 spiro atoms. The zero-order valence-electron chi connectivity index (χ0n) is 11.9. The van der Waals surface area contributed by atoms with Gasteiger partial charge in [-0.25, -0.2) is 4.98 Å². The Morgan fingerprint density at radius 3 is 2.79 bits per heavy atom. The van der Waals surface area contributed by atoms with E-state index in [-0.39, 0.29) is 5.91 Å². The molecule has 1 unspecified atom stereocenters. The van der Waals surface area contributed by atoms with E-state index in [0.29, 0.717) is 24.3 Å². The Morgan fingerprint density at radius 1 is 1.53 bits per heavy atom. The highest BCUT2D eigenvalue weighted by Crippen LogP contribution is 2.12. The molecule has 0 saturated carbocycles. The van der Waals surface area contributed by atoms with Gasteiger partial charge >= 0.3 is 0 Å². The van der Waals surface area contributed by atoms with Gasteiger partial charge in [0.1, 0.15) is 5.82 Å². The molecule has 0 bridgehead atoms. The first-order valence-corrected chi connectivity index (χ1v) is 6.64. The van der Waals surface area contributed by atoms with Crippen LogP contribution in [-0.4, -0.2) is 40.6 Å². The fourth-order valence-electron chi connectivity index (χ4n) is 1.82. The lowest BCUT2D eigenvalue weighted by Gasteiger charge is -2.18. The molecule has 1 amide bonds. The number of hydrogen-bond acceptors (Lipinski definition) is 4. The average molecular weight is 265 g/mol. The number of nitrogens with zero attached hydrogens (tertiary/aromatic N) is 2. The number of pyridine rings is 1. The zero-order chi connectivity index (χ0) is 14.4. The Morgan fingerprint density at radius 2 is 2.21 bits per heavy atom. The van der Waals surface area contributed by atoms with Crippen LogP contribution >= 0.6 is 0 Å². The van der Waals surface area contributed by atoms with Gasteiger partial charge in [0, 0.05) is 24.8 Å². The number of nitrogen functional groups attached to an aromatic ring is 1. The van der Waals surface area contributed by atoms with Gasteiger partial charge in [-0.05, 0) is 31.9 Å². The number of carbonyl (C=O) groups is 1. The molecular weight excluding hydrogens is 242 g/mol. The topological polar surface area (TPSA) is 79.5 Å². The number of aliphatic hydroxyl groups is 1. The minimum Gasteiger partial charge on any atom is -0.393 e. The van der Waals surface area contributed by atoms with E-state index in [1.807, 2.05) is 0 Å². The van der Waals surface area contributed by atoms with Gasteiger partial charge < -0.3 is 15.7 Å². The molecular formula is C14H23N3O2. The number of aryl methyl sites for hydroxylation is 1. The molecule has 1 atom stereocenters. The summed E-state index contributed by atoms with van der Waals surface area (Å²) in [4.78, 5) is 18.0. The minimum absolute atomic E-state index is 0.0906. The van der Waals surface area contributed by atoms with Crippen molar-refractivity contribution in [2.24, 2.45) is 0 Å². The summed E-state index contributed by atoms with van der Waals surface area (Å²) >= 11 is 0. The van der Waals surface area contributed by atoms with Crippen molar-refractivity contribution in [1.29, 1.82) is 0 Å². The highest BCUT2D eigenvalue weighted by Gasteiger charge is 2.14. The zero-order valence-corrected chi connectivity index (χ0v) is 11.9. The highest BCUT2D eigenvalue weighted by molar-refractivity contribution is 5.94. The fraction of sp³-hybridized carbons (Fsp3) is 0.571. The number of hydrogen-bond donors (Lipinski definition) is 2. The molecule has 1 aromatic heterocycles. The lowest BCUT2D eigenvalue weighted by atomic mass is 10.1. The fourth-order valence-corrected chi connectivity index (χ4v) is 1.82. The smallest absolute Gasteiger partial charge is 0.253 e. The van der Waals surface area contributed by atoms with Gasteiger partial charge in [0.15, 0.2) is 0 Å². The van der Waals surface area contributed by atoms with Gasteiger partial charge in [-0.1, -0.05) is 13.3 Å². The van der Waals surface area contributed by atoms with E-state index in [1.165, 1.54) is 0 Å². The summed E-state index contributed by atoms with van der Waals surface area (Å²) in [6.07, 6.45) is 1.92. The van der Waals surface area contributed by atoms with Crippen LogP contribution in [0.2, 0.25) is 0 Å². The van der Waals surface area contributed by atoms with Crippen LogP contribution in [0.1, 0.15) is 42.7 Å². The Bertz CT molecular complexity index is 433. The first-order valence-electron chi connectivity index (χ1n) is 6.64. The van der Waals surface area contributed by atoms with Crippen molar-refractivity contribution >= 4 is 11.7 Å². The predicted octanol–water partition coefficient (Wildman–Crippen LogP) is 1.46. The van der Waals surface area contributed by atoms with Crippen molar-refractivity contribution in [1.82, 2.24) is 9.88 Å². The maximum Gasteiger partial charge on any atom is 0.253 e. The van der Waals surface area contributed by atoms with Crippen LogP contribution in [0.3, 0.4) is 0 Å². The Kier molecular flexibility index (Phi) is 5.76. The van der Waals surface area contributed by atoms with Crippen molar-refractivity contribution in [3.05, 3.63) is 23.4 Å². The normalized spacial score (nSPS) is 12.2. The maximum absolute atomic E-state index is 12.2. The average Bonchev–Trinajstić information content (AvgIpc) is 2.34. The van der Waals surface area contributed by atoms with Gasteiger partial charge in [0.05, 0.1) is 6.10 Å². The Balaban J connectivity index is 2.80. The van der Waals surface area contributed by atoms with Crippen LogP contribution in [0.25, 0.3) is 0 Å². The van der Waals surface area contributed by atoms with E-state index in [1.54, 1.807) is 31.0 Å². The molecule has 5 nitrogen and oxygen atoms in total. The van der Waals surface area contributed by atoms with E-state index < -0.39 is 6.10 Å². The van der Waals surface area contributed by atoms with Crippen molar-refractivity contribution in [2.45, 2.75) is 39.2 Å². The summed E-state index contributed by atoms with van der Waals surface area (Å²) in [5.74, 6) is 0.283. The van der Waals surface area contributed by atoms with E-state index in [2.05, 4.69) is 11.9 Å². The lowest BCUT2D eigenvalue weighted by Crippen LogP contribution is -2.29. The van der Waals surface area contributed by atoms with Crippen molar-refractivity contribution in [3.63, 3.8) is 0 Å². The van der Waals surface area contributed by atoms with Crippen LogP contribution in [0.5, 0.6) is 0 Å². The third kappa shape index (κ3) is 4.87. The van der Waals surface area contributed by atoms with Crippen LogP contribution in [0, 0.1) is 0 Å². The molecule has 3 N–H and O–H groups in total. The van der Waals surface area contributed by atoms with Crippen LogP contribution in [-0.2, 0) is 6.42 Å². The number of anilines is 1. The number of amides is 1. The quantitative estimate of drug-likeness (QED) is 0.816. The second-order valence-corrected chi connectivity index (χ2v) is 4.89. The van der Waals surface area contributed by atoms with Gasteiger partial charge in [-0.3, -0.25) is 4.79 Å². The summed E-state index contributed by atoms with van der Waals surface area (Å²) in [6, 6.07) is 3.39. The molecule has 106 valence electrons. The molecule has 1 rings (SSSR count). The standard InChI is InChI=1S/C14H23N3O2/c1-4-5-12-8-11(9-13(15)16-12)14(19)17(3)7-6-10(2)18/h8-10,18H,4-7H2,1-3H3,(H2,15,16). The molecule has 0 saturated heterocycles. The monoisotopic (exact) mass is 265 g/mol. The number of aromatic nitrogens is 1. The molecule has 1 heterocycles. The van der Waals surface area contributed by atoms with Crippen LogP contribution in [0.15, 0.2) is 12.1 Å². The molecule has 0 aromatic carbocycles. The minimum atomic E-state index is -0.409. The third-order valence-electron chi connectivity index (χ3n) is 2.88. The molecule has 19 heavy (non-hydrogen) atoms. The Labute approximate surface area is 114 Å². The van der Waals surface area contributed by atoms with E-state index >= 15 is 0 Å². The molecule has 5 heteroatoms.